The van der Waals surface area contributed by atoms with Crippen molar-refractivity contribution in [1.29, 1.82) is 0 Å². The van der Waals surface area contributed by atoms with Crippen LogP contribution < -0.4 is 0 Å². The molecule has 0 radical (unpaired) electrons. The van der Waals surface area contributed by atoms with Gasteiger partial charge in [-0.1, -0.05) is 94.5 Å². The first-order valence-electron chi connectivity index (χ1n) is 10.5. The Morgan fingerprint density at radius 3 is 1.89 bits per heavy atom. The average molecular weight is 395 g/mol. The van der Waals surface area contributed by atoms with E-state index in [1.54, 1.807) is 24.3 Å². The Kier molecular flexibility index (Phi) is 10.1. The molecule has 1 aliphatic carbocycles. The van der Waals surface area contributed by atoms with Crippen LogP contribution in [0.1, 0.15) is 89.0 Å². The molecule has 0 aliphatic heterocycles. The number of Topliss-reactive ketones (excluding diaryl/α,β-unsaturated/α-hetero) is 1. The molecule has 5 heteroatoms. The molecule has 1 aromatic carbocycles. The fraction of sp³-hybridized carbons (Fsp3) is 0.682. The monoisotopic (exact) mass is 394 g/mol. The van der Waals surface area contributed by atoms with Gasteiger partial charge in [-0.3, -0.25) is 8.98 Å². The minimum Gasteiger partial charge on any atom is -0.297 e. The van der Waals surface area contributed by atoms with Crippen molar-refractivity contribution >= 4 is 15.9 Å². The number of benzene rings is 1. The zero-order chi connectivity index (χ0) is 19.4. The molecular weight excluding hydrogens is 360 g/mol. The Hall–Kier alpha value is -1.20. The van der Waals surface area contributed by atoms with Gasteiger partial charge in [-0.2, -0.15) is 8.42 Å². The summed E-state index contributed by atoms with van der Waals surface area (Å²) in [5.74, 6) is -0.237. The smallest absolute Gasteiger partial charge is 0.272 e. The molecule has 0 aromatic heterocycles. The van der Waals surface area contributed by atoms with E-state index in [9.17, 15) is 13.2 Å². The lowest BCUT2D eigenvalue weighted by atomic mass is 10.0. The first-order valence-corrected chi connectivity index (χ1v) is 12.1. The summed E-state index contributed by atoms with van der Waals surface area (Å²) in [7, 11) is -3.77. The second-order valence-corrected chi connectivity index (χ2v) is 9.26. The average Bonchev–Trinajstić information content (AvgIpc) is 2.64. The number of rotatable bonds is 4. The topological polar surface area (TPSA) is 60.4 Å². The molecule has 1 saturated carbocycles. The van der Waals surface area contributed by atoms with Crippen LogP contribution in [0.15, 0.2) is 30.3 Å². The molecule has 1 aliphatic rings. The van der Waals surface area contributed by atoms with Crippen molar-refractivity contribution in [1.82, 2.24) is 0 Å². The molecular formula is C22H34O4S. The SMILES string of the molecule is O=C1CCCCCCCCCCCCCC1OS(=O)(=O)Cc1ccccc1. The molecule has 0 N–H and O–H groups in total. The summed E-state index contributed by atoms with van der Waals surface area (Å²) in [4.78, 5) is 12.6. The van der Waals surface area contributed by atoms with E-state index in [0.717, 1.165) is 38.5 Å². The number of ketones is 1. The minimum absolute atomic E-state index is 0.0542. The first kappa shape index (κ1) is 22.1. The van der Waals surface area contributed by atoms with Gasteiger partial charge in [-0.25, -0.2) is 0 Å². The fourth-order valence-corrected chi connectivity index (χ4v) is 4.86. The van der Waals surface area contributed by atoms with Crippen LogP contribution in [0.25, 0.3) is 0 Å². The van der Waals surface area contributed by atoms with E-state index >= 15 is 0 Å². The Balaban J connectivity index is 1.94. The highest BCUT2D eigenvalue weighted by Gasteiger charge is 2.25. The molecule has 1 atom stereocenters. The van der Waals surface area contributed by atoms with Gasteiger partial charge in [0, 0.05) is 6.42 Å². The lowest BCUT2D eigenvalue weighted by Gasteiger charge is -2.17. The second-order valence-electron chi connectivity index (χ2n) is 7.67. The fourth-order valence-electron chi connectivity index (χ4n) is 3.63. The van der Waals surface area contributed by atoms with E-state index in [1.165, 1.54) is 32.1 Å². The molecule has 1 fully saturated rings. The number of carbonyl (C=O) groups is 1. The maximum atomic E-state index is 12.6. The molecule has 1 aromatic rings. The lowest BCUT2D eigenvalue weighted by molar-refractivity contribution is -0.126. The standard InChI is InChI=1S/C22H34O4S/c23-21-17-13-8-6-4-2-1-3-5-7-9-14-18-22(21)26-27(24,25)19-20-15-11-10-12-16-20/h10-12,15-16,22H,1-9,13-14,17-19H2. The van der Waals surface area contributed by atoms with E-state index in [2.05, 4.69) is 0 Å². The number of hydrogen-bond donors (Lipinski definition) is 0. The third kappa shape index (κ3) is 9.52. The quantitative estimate of drug-likeness (QED) is 0.628. The molecule has 4 nitrogen and oxygen atoms in total. The normalized spacial score (nSPS) is 21.9. The Labute approximate surface area is 164 Å². The van der Waals surface area contributed by atoms with Crippen LogP contribution in [0.5, 0.6) is 0 Å². The summed E-state index contributed by atoms with van der Waals surface area (Å²) < 4.78 is 30.3. The number of hydrogen-bond acceptors (Lipinski definition) is 4. The van der Waals surface area contributed by atoms with Crippen molar-refractivity contribution in [2.24, 2.45) is 0 Å². The van der Waals surface area contributed by atoms with Crippen molar-refractivity contribution in [3.63, 3.8) is 0 Å². The third-order valence-corrected chi connectivity index (χ3v) is 6.41. The van der Waals surface area contributed by atoms with Crippen LogP contribution in [0, 0.1) is 0 Å². The maximum absolute atomic E-state index is 12.6. The summed E-state index contributed by atoms with van der Waals surface area (Å²) in [5.41, 5.74) is 0.682. The lowest BCUT2D eigenvalue weighted by Crippen LogP contribution is -2.28. The molecule has 152 valence electrons. The molecule has 0 amide bonds. The van der Waals surface area contributed by atoms with E-state index < -0.39 is 16.2 Å². The van der Waals surface area contributed by atoms with Gasteiger partial charge in [0.05, 0.1) is 0 Å². The third-order valence-electron chi connectivity index (χ3n) is 5.20. The van der Waals surface area contributed by atoms with E-state index in [4.69, 9.17) is 4.18 Å². The molecule has 0 spiro atoms. The van der Waals surface area contributed by atoms with Gasteiger partial charge in [-0.15, -0.1) is 0 Å². The molecule has 2 rings (SSSR count). The summed E-state index contributed by atoms with van der Waals surface area (Å²) in [6.07, 6.45) is 12.5. The van der Waals surface area contributed by atoms with Crippen LogP contribution in [-0.2, 0) is 24.8 Å². The highest BCUT2D eigenvalue weighted by Crippen LogP contribution is 2.19. The summed E-state index contributed by atoms with van der Waals surface area (Å²) in [6, 6.07) is 8.99. The van der Waals surface area contributed by atoms with Crippen LogP contribution in [0.3, 0.4) is 0 Å². The maximum Gasteiger partial charge on any atom is 0.272 e. The zero-order valence-electron chi connectivity index (χ0n) is 16.4. The van der Waals surface area contributed by atoms with Gasteiger partial charge in [0.15, 0.2) is 5.78 Å². The Morgan fingerprint density at radius 2 is 1.30 bits per heavy atom. The van der Waals surface area contributed by atoms with Crippen molar-refractivity contribution in [2.45, 2.75) is 95.3 Å². The van der Waals surface area contributed by atoms with Gasteiger partial charge in [0.1, 0.15) is 11.9 Å². The first-order chi connectivity index (χ1) is 13.1. The molecule has 1 unspecified atom stereocenters. The van der Waals surface area contributed by atoms with Crippen molar-refractivity contribution in [3.8, 4) is 0 Å². The molecule has 0 bridgehead atoms. The summed E-state index contributed by atoms with van der Waals surface area (Å²) in [6.45, 7) is 0. The van der Waals surface area contributed by atoms with Crippen molar-refractivity contribution < 1.29 is 17.4 Å². The van der Waals surface area contributed by atoms with Gasteiger partial charge in [0.2, 0.25) is 0 Å². The largest absolute Gasteiger partial charge is 0.297 e. The molecule has 0 heterocycles. The van der Waals surface area contributed by atoms with Gasteiger partial charge < -0.3 is 0 Å². The van der Waals surface area contributed by atoms with Gasteiger partial charge in [-0.05, 0) is 18.4 Å². The van der Waals surface area contributed by atoms with E-state index in [1.807, 2.05) is 6.07 Å². The van der Waals surface area contributed by atoms with Gasteiger partial charge >= 0.3 is 0 Å². The number of carbonyl (C=O) groups excluding carboxylic acids is 1. The van der Waals surface area contributed by atoms with Crippen LogP contribution in [0.2, 0.25) is 0 Å². The summed E-state index contributed by atoms with van der Waals surface area (Å²) in [5, 5.41) is 0. The highest BCUT2D eigenvalue weighted by atomic mass is 32.2. The van der Waals surface area contributed by atoms with Crippen molar-refractivity contribution in [2.75, 3.05) is 0 Å². The molecule has 27 heavy (non-hydrogen) atoms. The van der Waals surface area contributed by atoms with E-state index in [-0.39, 0.29) is 11.5 Å². The highest BCUT2D eigenvalue weighted by molar-refractivity contribution is 7.85. The van der Waals surface area contributed by atoms with E-state index in [0.29, 0.717) is 18.4 Å². The van der Waals surface area contributed by atoms with Gasteiger partial charge in [0.25, 0.3) is 10.1 Å². The van der Waals surface area contributed by atoms with Crippen LogP contribution in [0.4, 0.5) is 0 Å². The van der Waals surface area contributed by atoms with Crippen molar-refractivity contribution in [3.05, 3.63) is 35.9 Å². The zero-order valence-corrected chi connectivity index (χ0v) is 17.2. The van der Waals surface area contributed by atoms with Crippen LogP contribution in [-0.4, -0.2) is 20.3 Å². The predicted octanol–water partition coefficient (Wildman–Crippen LogP) is 5.56. The Bertz CT molecular complexity index is 640. The predicted molar refractivity (Wildman–Crippen MR) is 109 cm³/mol. The second kappa shape index (κ2) is 12.3. The minimum atomic E-state index is -3.77. The molecule has 0 saturated heterocycles. The Morgan fingerprint density at radius 1 is 0.778 bits per heavy atom. The van der Waals surface area contributed by atoms with Crippen LogP contribution >= 0.6 is 0 Å². The summed E-state index contributed by atoms with van der Waals surface area (Å²) >= 11 is 0.